The van der Waals surface area contributed by atoms with Crippen molar-refractivity contribution < 1.29 is 17.9 Å². The van der Waals surface area contributed by atoms with Crippen LogP contribution in [0, 0.1) is 0 Å². The topological polar surface area (TPSA) is 98.5 Å². The molecule has 0 unspecified atom stereocenters. The first-order valence-corrected chi connectivity index (χ1v) is 6.80. The molecule has 1 atom stereocenters. The Kier molecular flexibility index (Phi) is 6.99. The number of methoxy groups -OCH3 is 1. The van der Waals surface area contributed by atoms with E-state index in [-0.39, 0.29) is 29.9 Å². The van der Waals surface area contributed by atoms with Gasteiger partial charge in [0.05, 0.1) is 17.6 Å². The summed E-state index contributed by atoms with van der Waals surface area (Å²) in [5.74, 6) is -0.512. The molecule has 0 aliphatic carbocycles. The Balaban J connectivity index is 0.00000324. The third-order valence-electron chi connectivity index (χ3n) is 2.30. The second-order valence-electron chi connectivity index (χ2n) is 3.77. The number of hydrogen-bond acceptors (Lipinski definition) is 5. The molecule has 0 radical (unpaired) electrons. The number of sulfonamides is 1. The van der Waals surface area contributed by atoms with Crippen LogP contribution in [0.25, 0.3) is 0 Å². The van der Waals surface area contributed by atoms with Crippen molar-refractivity contribution in [2.24, 2.45) is 5.73 Å². The molecule has 0 aliphatic rings. The van der Waals surface area contributed by atoms with Crippen molar-refractivity contribution >= 4 is 28.4 Å². The minimum Gasteiger partial charge on any atom is -0.465 e. The predicted molar refractivity (Wildman–Crippen MR) is 73.9 cm³/mol. The van der Waals surface area contributed by atoms with Crippen LogP contribution in [0.3, 0.4) is 0 Å². The number of hydrogen-bond donors (Lipinski definition) is 2. The van der Waals surface area contributed by atoms with Gasteiger partial charge in [-0.1, -0.05) is 0 Å². The summed E-state index contributed by atoms with van der Waals surface area (Å²) in [6.45, 7) is 1.87. The zero-order chi connectivity index (χ0) is 13.8. The molecule has 108 valence electrons. The van der Waals surface area contributed by atoms with Gasteiger partial charge in [0, 0.05) is 12.6 Å². The van der Waals surface area contributed by atoms with E-state index in [9.17, 15) is 13.2 Å². The van der Waals surface area contributed by atoms with Gasteiger partial charge in [0.2, 0.25) is 10.0 Å². The summed E-state index contributed by atoms with van der Waals surface area (Å²) in [5.41, 5.74) is 5.65. The van der Waals surface area contributed by atoms with E-state index >= 15 is 0 Å². The van der Waals surface area contributed by atoms with E-state index in [1.54, 1.807) is 6.92 Å². The van der Waals surface area contributed by atoms with Gasteiger partial charge in [-0.25, -0.2) is 17.9 Å². The van der Waals surface area contributed by atoms with Crippen molar-refractivity contribution in [3.8, 4) is 0 Å². The molecule has 0 fully saturated rings. The number of halogens is 1. The fourth-order valence-corrected chi connectivity index (χ4v) is 2.53. The van der Waals surface area contributed by atoms with Crippen LogP contribution in [-0.2, 0) is 14.8 Å². The zero-order valence-electron chi connectivity index (χ0n) is 10.6. The number of nitrogens with one attached hydrogen (secondary N) is 1. The van der Waals surface area contributed by atoms with E-state index in [0.717, 1.165) is 0 Å². The zero-order valence-corrected chi connectivity index (χ0v) is 12.3. The third kappa shape index (κ3) is 4.79. The number of nitrogens with two attached hydrogens (primary N) is 1. The number of carbonyl (C=O) groups excluding carboxylic acids is 1. The molecule has 0 bridgehead atoms. The normalized spacial score (nSPS) is 12.4. The van der Waals surface area contributed by atoms with E-state index in [4.69, 9.17) is 5.73 Å². The molecule has 0 aromatic heterocycles. The molecular weight excluding hydrogens is 292 g/mol. The van der Waals surface area contributed by atoms with Crippen molar-refractivity contribution in [3.63, 3.8) is 0 Å². The van der Waals surface area contributed by atoms with Crippen LogP contribution in [0.5, 0.6) is 0 Å². The number of benzene rings is 1. The van der Waals surface area contributed by atoms with Gasteiger partial charge in [-0.05, 0) is 31.2 Å². The van der Waals surface area contributed by atoms with Gasteiger partial charge in [0.25, 0.3) is 0 Å². The monoisotopic (exact) mass is 308 g/mol. The molecule has 0 spiro atoms. The van der Waals surface area contributed by atoms with Crippen molar-refractivity contribution in [3.05, 3.63) is 29.8 Å². The SMILES string of the molecule is COC(=O)c1ccc(S(=O)(=O)N[C@@H](C)CN)cc1.Cl. The van der Waals surface area contributed by atoms with Crippen LogP contribution < -0.4 is 10.5 Å². The first kappa shape index (κ1) is 17.8. The standard InChI is InChI=1S/C11H16N2O4S.ClH/c1-8(7-12)13-18(15,16)10-5-3-9(4-6-10)11(14)17-2;/h3-6,8,13H,7,12H2,1-2H3;1H/t8-;/m0./s1. The van der Waals surface area contributed by atoms with E-state index in [0.29, 0.717) is 5.56 Å². The second-order valence-corrected chi connectivity index (χ2v) is 5.49. The van der Waals surface area contributed by atoms with Crippen LogP contribution >= 0.6 is 12.4 Å². The van der Waals surface area contributed by atoms with Crippen LogP contribution in [0.15, 0.2) is 29.2 Å². The van der Waals surface area contributed by atoms with Crippen molar-refractivity contribution in [2.45, 2.75) is 17.9 Å². The molecule has 0 saturated heterocycles. The Morgan fingerprint density at radius 3 is 2.32 bits per heavy atom. The van der Waals surface area contributed by atoms with E-state index in [1.807, 2.05) is 0 Å². The highest BCUT2D eigenvalue weighted by Crippen LogP contribution is 2.11. The highest BCUT2D eigenvalue weighted by Gasteiger charge is 2.17. The molecule has 6 nitrogen and oxygen atoms in total. The summed E-state index contributed by atoms with van der Waals surface area (Å²) in [4.78, 5) is 11.3. The number of rotatable bonds is 5. The van der Waals surface area contributed by atoms with Crippen molar-refractivity contribution in [1.82, 2.24) is 4.72 Å². The summed E-state index contributed by atoms with van der Waals surface area (Å²) in [6.07, 6.45) is 0. The lowest BCUT2D eigenvalue weighted by atomic mass is 10.2. The van der Waals surface area contributed by atoms with Gasteiger partial charge in [0.1, 0.15) is 0 Å². The lowest BCUT2D eigenvalue weighted by Gasteiger charge is -2.12. The van der Waals surface area contributed by atoms with Gasteiger partial charge in [-0.15, -0.1) is 12.4 Å². The lowest BCUT2D eigenvalue weighted by molar-refractivity contribution is 0.0600. The van der Waals surface area contributed by atoms with Gasteiger partial charge in [-0.3, -0.25) is 0 Å². The maximum absolute atomic E-state index is 11.9. The summed E-state index contributed by atoms with van der Waals surface area (Å²) in [7, 11) is -2.34. The molecular formula is C11H17ClN2O4S. The first-order valence-electron chi connectivity index (χ1n) is 5.31. The highest BCUT2D eigenvalue weighted by atomic mass is 35.5. The maximum Gasteiger partial charge on any atom is 0.337 e. The summed E-state index contributed by atoms with van der Waals surface area (Å²) in [5, 5.41) is 0. The summed E-state index contributed by atoms with van der Waals surface area (Å²) in [6, 6.07) is 5.13. The van der Waals surface area contributed by atoms with Crippen molar-refractivity contribution in [2.75, 3.05) is 13.7 Å². The lowest BCUT2D eigenvalue weighted by Crippen LogP contribution is -2.37. The van der Waals surface area contributed by atoms with Gasteiger partial charge < -0.3 is 10.5 Å². The predicted octanol–water partition coefficient (Wildman–Crippen LogP) is 0.520. The Labute approximate surface area is 118 Å². The van der Waals surface area contributed by atoms with E-state index < -0.39 is 16.0 Å². The fraction of sp³-hybridized carbons (Fsp3) is 0.364. The highest BCUT2D eigenvalue weighted by molar-refractivity contribution is 7.89. The third-order valence-corrected chi connectivity index (χ3v) is 3.90. The van der Waals surface area contributed by atoms with E-state index in [2.05, 4.69) is 9.46 Å². The molecule has 1 aromatic rings. The number of carbonyl (C=O) groups is 1. The van der Waals surface area contributed by atoms with Crippen molar-refractivity contribution in [1.29, 1.82) is 0 Å². The largest absolute Gasteiger partial charge is 0.465 e. The average Bonchev–Trinajstić information content (AvgIpc) is 2.37. The Bertz CT molecular complexity index is 516. The molecule has 0 aliphatic heterocycles. The molecule has 1 rings (SSSR count). The maximum atomic E-state index is 11.9. The Morgan fingerprint density at radius 2 is 1.89 bits per heavy atom. The first-order chi connectivity index (χ1) is 8.40. The molecule has 1 aromatic carbocycles. The molecule has 3 N–H and O–H groups in total. The molecule has 19 heavy (non-hydrogen) atoms. The fourth-order valence-electron chi connectivity index (χ4n) is 1.27. The average molecular weight is 309 g/mol. The molecule has 0 amide bonds. The smallest absolute Gasteiger partial charge is 0.337 e. The van der Waals surface area contributed by atoms with Crippen LogP contribution in [0.4, 0.5) is 0 Å². The Hall–Kier alpha value is -1.15. The minimum atomic E-state index is -3.60. The van der Waals surface area contributed by atoms with Gasteiger partial charge in [0.15, 0.2) is 0 Å². The number of esters is 1. The molecule has 0 heterocycles. The summed E-state index contributed by atoms with van der Waals surface area (Å²) >= 11 is 0. The van der Waals surface area contributed by atoms with Gasteiger partial charge >= 0.3 is 5.97 Å². The van der Waals surface area contributed by atoms with Crippen LogP contribution in [-0.4, -0.2) is 34.1 Å². The number of ether oxygens (including phenoxy) is 1. The molecule has 8 heteroatoms. The Morgan fingerprint density at radius 1 is 1.37 bits per heavy atom. The quantitative estimate of drug-likeness (QED) is 0.773. The minimum absolute atomic E-state index is 0. The van der Waals surface area contributed by atoms with Gasteiger partial charge in [-0.2, -0.15) is 0 Å². The molecule has 0 saturated carbocycles. The second kappa shape index (κ2) is 7.44. The van der Waals surface area contributed by atoms with Crippen LogP contribution in [0.1, 0.15) is 17.3 Å². The van der Waals surface area contributed by atoms with Crippen LogP contribution in [0.2, 0.25) is 0 Å². The summed E-state index contributed by atoms with van der Waals surface area (Å²) < 4.78 is 30.7. The van der Waals surface area contributed by atoms with E-state index in [1.165, 1.54) is 31.4 Å².